The Morgan fingerprint density at radius 2 is 1.64 bits per heavy atom. The number of aliphatic hydroxyl groups is 1. The van der Waals surface area contributed by atoms with E-state index in [9.17, 15) is 29.1 Å². The van der Waals surface area contributed by atoms with Gasteiger partial charge < -0.3 is 39.3 Å². The zero-order valence-corrected chi connectivity index (χ0v) is 37.3. The van der Waals surface area contributed by atoms with Gasteiger partial charge in [0.25, 0.3) is 0 Å². The average Bonchev–Trinajstić information content (AvgIpc) is 3.89. The Morgan fingerprint density at radius 1 is 0.983 bits per heavy atom. The maximum atomic E-state index is 14.6. The molecule has 14 heteroatoms. The van der Waals surface area contributed by atoms with Crippen molar-refractivity contribution in [3.63, 3.8) is 0 Å². The molecule has 1 unspecified atom stereocenters. The van der Waals surface area contributed by atoms with Crippen LogP contribution in [0.5, 0.6) is 5.75 Å². The first-order valence-electron chi connectivity index (χ1n) is 21.2. The number of ether oxygens (including phenoxy) is 3. The highest BCUT2D eigenvalue weighted by atomic mass is 16.5. The first-order chi connectivity index (χ1) is 27.7. The van der Waals surface area contributed by atoms with E-state index in [0.717, 1.165) is 5.56 Å². The number of esters is 1. The lowest BCUT2D eigenvalue weighted by atomic mass is 9.81. The number of carbonyl (C=O) groups is 5. The molecule has 3 aliphatic heterocycles. The molecule has 0 radical (unpaired) electrons. The highest BCUT2D eigenvalue weighted by Gasteiger charge is 2.44. The number of nitrogens with zero attached hydrogens (tertiary/aromatic N) is 4. The van der Waals surface area contributed by atoms with E-state index >= 15 is 0 Å². The molecular formula is C45H69N5O9. The Balaban J connectivity index is 1.74. The molecule has 4 rings (SSSR count). The monoisotopic (exact) mass is 824 g/mol. The number of hydrogen-bond donors (Lipinski definition) is 2. The first-order valence-corrected chi connectivity index (χ1v) is 21.2. The third-order valence-corrected chi connectivity index (χ3v) is 12.4. The van der Waals surface area contributed by atoms with Crippen LogP contribution in [0.3, 0.4) is 0 Å². The van der Waals surface area contributed by atoms with Gasteiger partial charge in [0.05, 0.1) is 19.1 Å². The van der Waals surface area contributed by atoms with E-state index in [4.69, 9.17) is 19.2 Å². The summed E-state index contributed by atoms with van der Waals surface area (Å²) in [6, 6.07) is 2.89. The number of aliphatic imine (C=N–C) groups is 1. The van der Waals surface area contributed by atoms with Crippen LogP contribution in [0.1, 0.15) is 100.0 Å². The number of likely N-dealkylation sites (N-methyl/N-ethyl adjacent to an activating group) is 2. The van der Waals surface area contributed by atoms with Crippen molar-refractivity contribution < 1.29 is 43.3 Å². The molecule has 1 fully saturated rings. The van der Waals surface area contributed by atoms with Crippen molar-refractivity contribution in [2.24, 2.45) is 28.2 Å². The molecule has 10 atom stereocenters. The highest BCUT2D eigenvalue weighted by Crippen LogP contribution is 2.33. The summed E-state index contributed by atoms with van der Waals surface area (Å²) in [5, 5.41) is 14.3. The summed E-state index contributed by atoms with van der Waals surface area (Å²) in [7, 11) is 4.64. The van der Waals surface area contributed by atoms with E-state index in [2.05, 4.69) is 5.32 Å². The summed E-state index contributed by atoms with van der Waals surface area (Å²) in [6.45, 7) is 17.5. The van der Waals surface area contributed by atoms with Crippen molar-refractivity contribution in [1.82, 2.24) is 20.0 Å². The minimum Gasteiger partial charge on any atom is -0.497 e. The average molecular weight is 824 g/mol. The van der Waals surface area contributed by atoms with E-state index in [-0.39, 0.29) is 30.8 Å². The highest BCUT2D eigenvalue weighted by molar-refractivity contribution is 5.98. The number of amides is 4. The first kappa shape index (κ1) is 47.2. The van der Waals surface area contributed by atoms with Crippen LogP contribution in [-0.2, 0) is 39.9 Å². The number of fused-ring (bicyclic) bond motifs is 2. The van der Waals surface area contributed by atoms with Gasteiger partial charge in [-0.05, 0) is 80.6 Å². The molecular weight excluding hydrogens is 755 g/mol. The van der Waals surface area contributed by atoms with Gasteiger partial charge in [0, 0.05) is 32.6 Å². The van der Waals surface area contributed by atoms with E-state index in [0.29, 0.717) is 55.9 Å². The van der Waals surface area contributed by atoms with Gasteiger partial charge in [-0.25, -0.2) is 9.79 Å². The molecule has 2 N–H and O–H groups in total. The smallest absolute Gasteiger partial charge is 0.329 e. The molecule has 0 spiro atoms. The predicted molar refractivity (Wildman–Crippen MR) is 225 cm³/mol. The predicted octanol–water partition coefficient (Wildman–Crippen LogP) is 4.56. The van der Waals surface area contributed by atoms with Crippen molar-refractivity contribution >= 4 is 35.5 Å². The van der Waals surface area contributed by atoms with Gasteiger partial charge in [-0.2, -0.15) is 0 Å². The Kier molecular flexibility index (Phi) is 16.2. The van der Waals surface area contributed by atoms with Crippen LogP contribution in [0, 0.1) is 23.2 Å². The van der Waals surface area contributed by atoms with Gasteiger partial charge >= 0.3 is 5.97 Å². The number of hydrogen-bond acceptors (Lipinski definition) is 10. The molecule has 0 aliphatic carbocycles. The molecule has 0 aromatic heterocycles. The molecule has 0 saturated carbocycles. The van der Waals surface area contributed by atoms with E-state index in [1.165, 1.54) is 16.8 Å². The number of nitrogens with one attached hydrogen (secondary N) is 1. The summed E-state index contributed by atoms with van der Waals surface area (Å²) in [4.78, 5) is 80.1. The third kappa shape index (κ3) is 11.6. The van der Waals surface area contributed by atoms with Crippen LogP contribution in [-0.4, -0.2) is 132 Å². The normalized spacial score (nSPS) is 31.5. The van der Waals surface area contributed by atoms with Crippen LogP contribution in [0.2, 0.25) is 0 Å². The second-order valence-electron chi connectivity index (χ2n) is 18.1. The van der Waals surface area contributed by atoms with Crippen molar-refractivity contribution in [3.8, 4) is 5.75 Å². The summed E-state index contributed by atoms with van der Waals surface area (Å²) < 4.78 is 17.5. The molecule has 3 heterocycles. The van der Waals surface area contributed by atoms with Crippen LogP contribution in [0.4, 0.5) is 0 Å². The molecule has 59 heavy (non-hydrogen) atoms. The number of cyclic esters (lactones) is 1. The van der Waals surface area contributed by atoms with Crippen LogP contribution in [0.15, 0.2) is 40.9 Å². The minimum atomic E-state index is -1.06. The molecule has 14 nitrogen and oxygen atoms in total. The molecule has 1 saturated heterocycles. The topological polar surface area (TPSA) is 167 Å². The molecule has 1 aromatic carbocycles. The number of rotatable bonds is 5. The fraction of sp³-hybridized carbons (Fsp3) is 0.689. The van der Waals surface area contributed by atoms with Crippen LogP contribution in [0.25, 0.3) is 0 Å². The second kappa shape index (κ2) is 20.2. The summed E-state index contributed by atoms with van der Waals surface area (Å²) >= 11 is 0. The maximum Gasteiger partial charge on any atom is 0.329 e. The van der Waals surface area contributed by atoms with Gasteiger partial charge in [-0.1, -0.05) is 67.0 Å². The maximum absolute atomic E-state index is 14.6. The van der Waals surface area contributed by atoms with Gasteiger partial charge in [-0.15, -0.1) is 0 Å². The number of benzene rings is 1. The van der Waals surface area contributed by atoms with E-state index in [1.54, 1.807) is 51.1 Å². The SMILES string of the molecule is CC[C@H](C)C1C(=O)N2CCC[C@H]2C(=O)O[C@H](C(C)(C)C)C[C@@H](C)C[C@H](O)[C@H](C)C2=N[C@@H](/C=C(\C)C(=O)N[C@@H](Cc3ccc(OC)cc3)C(=O)N(C)[C@@H](C)C(=O)N1C)CO2. The van der Waals surface area contributed by atoms with Crippen molar-refractivity contribution in [2.45, 2.75) is 143 Å². The quantitative estimate of drug-likeness (QED) is 0.405. The van der Waals surface area contributed by atoms with Gasteiger partial charge in [0.15, 0.2) is 5.90 Å². The zero-order valence-electron chi connectivity index (χ0n) is 37.3. The third-order valence-electron chi connectivity index (χ3n) is 12.4. The molecule has 2 bridgehead atoms. The fourth-order valence-electron chi connectivity index (χ4n) is 8.11. The second-order valence-corrected chi connectivity index (χ2v) is 18.1. The van der Waals surface area contributed by atoms with E-state index < -0.39 is 77.4 Å². The van der Waals surface area contributed by atoms with Crippen LogP contribution >= 0.6 is 0 Å². The summed E-state index contributed by atoms with van der Waals surface area (Å²) in [5.74, 6) is -1.98. The lowest BCUT2D eigenvalue weighted by Crippen LogP contribution is -2.59. The lowest BCUT2D eigenvalue weighted by molar-refractivity contribution is -0.166. The Hall–Kier alpha value is -4.46. The Bertz CT molecular complexity index is 1720. The number of aliphatic hydroxyl groups excluding tert-OH is 1. The van der Waals surface area contributed by atoms with Crippen molar-refractivity contribution in [3.05, 3.63) is 41.5 Å². The van der Waals surface area contributed by atoms with Gasteiger partial charge in [0.1, 0.15) is 48.7 Å². The summed E-state index contributed by atoms with van der Waals surface area (Å²) in [5.41, 5.74) is 0.654. The standard InChI is InChI=1S/C45H69N5O9/c1-13-27(3)38-43(55)50-20-14-15-35(50)44(56)59-37(45(7,8)9)22-26(2)21-36(51)29(5)40-46-32(25-58-40)23-28(4)39(52)47-34(24-31-16-18-33(57-12)19-17-31)42(54)48(10)30(6)41(53)49(38)11/h16-19,23,26-27,29-30,32,34-38,51H,13-15,20-22,24-25H2,1-12H3,(H,47,52)/b28-23+/t26-,27-,29-,30-,32-,34-,35-,36-,37-,38?/m0/s1. The fourth-order valence-corrected chi connectivity index (χ4v) is 8.11. The Labute approximate surface area is 351 Å². The largest absolute Gasteiger partial charge is 0.497 e. The van der Waals surface area contributed by atoms with E-state index in [1.807, 2.05) is 60.6 Å². The molecule has 3 aliphatic rings. The van der Waals surface area contributed by atoms with Gasteiger partial charge in [-0.3, -0.25) is 19.2 Å². The molecule has 1 aromatic rings. The van der Waals surface area contributed by atoms with Crippen molar-refractivity contribution in [2.75, 3.05) is 34.4 Å². The van der Waals surface area contributed by atoms with Crippen molar-refractivity contribution in [1.29, 1.82) is 0 Å². The number of carbonyl (C=O) groups excluding carboxylic acids is 5. The lowest BCUT2D eigenvalue weighted by Gasteiger charge is -2.39. The Morgan fingerprint density at radius 3 is 2.25 bits per heavy atom. The number of methoxy groups -OCH3 is 1. The molecule has 4 amide bonds. The zero-order chi connectivity index (χ0) is 43.9. The summed E-state index contributed by atoms with van der Waals surface area (Å²) in [6.07, 6.45) is 3.02. The molecule has 328 valence electrons. The minimum absolute atomic E-state index is 0.0490. The van der Waals surface area contributed by atoms with Crippen LogP contribution < -0.4 is 10.1 Å². The van der Waals surface area contributed by atoms with Gasteiger partial charge in [0.2, 0.25) is 23.6 Å².